The van der Waals surface area contributed by atoms with Crippen LogP contribution in [-0.4, -0.2) is 59.4 Å². The minimum atomic E-state index is -1.00. The van der Waals surface area contributed by atoms with Crippen LogP contribution in [0.3, 0.4) is 0 Å². The van der Waals surface area contributed by atoms with Crippen molar-refractivity contribution < 1.29 is 29.0 Å². The molecule has 3 rings (SSSR count). The maximum absolute atomic E-state index is 13.4. The van der Waals surface area contributed by atoms with Crippen molar-refractivity contribution in [3.63, 3.8) is 0 Å². The van der Waals surface area contributed by atoms with Gasteiger partial charge in [-0.25, -0.2) is 0 Å². The molecule has 1 heterocycles. The number of hydrogen-bond acceptors (Lipinski definition) is 7. The van der Waals surface area contributed by atoms with Gasteiger partial charge in [-0.1, -0.05) is 12.1 Å². The first-order valence-corrected chi connectivity index (χ1v) is 10.3. The topological polar surface area (TPSA) is 151 Å². The zero-order valence-corrected chi connectivity index (χ0v) is 18.3. The summed E-state index contributed by atoms with van der Waals surface area (Å²) in [6, 6.07) is 9.26. The fraction of sp³-hybridized carbons (Fsp3) is 0.304. The molecule has 10 nitrogen and oxygen atoms in total. The van der Waals surface area contributed by atoms with Crippen molar-refractivity contribution in [3.05, 3.63) is 53.6 Å². The first-order chi connectivity index (χ1) is 15.7. The van der Waals surface area contributed by atoms with Gasteiger partial charge in [0.25, 0.3) is 5.91 Å². The standard InChI is InChI=1S/C23H26N4O6/c1-13(9-21(30)33-2)25-20(29)12-27-19(10-14-3-6-16(28)7-4-14)22(31)26-18-8-5-15(24)11-17(18)23(27)32/h3-8,11,13,19,28H,9-10,12,24H2,1-2H3,(H,25,29)(H,26,31)/t13-,19+/m1/s1. The van der Waals surface area contributed by atoms with E-state index >= 15 is 0 Å². The van der Waals surface area contributed by atoms with Gasteiger partial charge in [0.05, 0.1) is 24.8 Å². The Morgan fingerprint density at radius 1 is 1.21 bits per heavy atom. The Morgan fingerprint density at radius 3 is 2.58 bits per heavy atom. The Labute approximate surface area is 190 Å². The molecule has 5 N–H and O–H groups in total. The number of methoxy groups -OCH3 is 1. The fourth-order valence-corrected chi connectivity index (χ4v) is 3.60. The number of nitrogen functional groups attached to an aromatic ring is 1. The predicted molar refractivity (Wildman–Crippen MR) is 120 cm³/mol. The molecule has 2 atom stereocenters. The highest BCUT2D eigenvalue weighted by Gasteiger charge is 2.36. The van der Waals surface area contributed by atoms with E-state index in [0.717, 1.165) is 0 Å². The van der Waals surface area contributed by atoms with E-state index in [4.69, 9.17) is 5.73 Å². The number of carbonyl (C=O) groups excluding carboxylic acids is 4. The van der Waals surface area contributed by atoms with E-state index in [-0.39, 0.29) is 24.2 Å². The lowest BCUT2D eigenvalue weighted by Gasteiger charge is -2.29. The van der Waals surface area contributed by atoms with Gasteiger partial charge in [-0.2, -0.15) is 0 Å². The van der Waals surface area contributed by atoms with Crippen molar-refractivity contribution in [3.8, 4) is 5.75 Å². The van der Waals surface area contributed by atoms with Gasteiger partial charge in [-0.05, 0) is 42.8 Å². The molecule has 0 fully saturated rings. The summed E-state index contributed by atoms with van der Waals surface area (Å²) in [5.74, 6) is -1.94. The second-order valence-corrected chi connectivity index (χ2v) is 7.86. The summed E-state index contributed by atoms with van der Waals surface area (Å²) < 4.78 is 4.60. The number of esters is 1. The van der Waals surface area contributed by atoms with Crippen molar-refractivity contribution in [2.24, 2.45) is 0 Å². The van der Waals surface area contributed by atoms with Gasteiger partial charge in [0.15, 0.2) is 0 Å². The number of nitrogens with one attached hydrogen (secondary N) is 2. The summed E-state index contributed by atoms with van der Waals surface area (Å²) in [7, 11) is 1.25. The Hall–Kier alpha value is -4.08. The lowest BCUT2D eigenvalue weighted by molar-refractivity contribution is -0.141. The van der Waals surface area contributed by atoms with Gasteiger partial charge < -0.3 is 31.1 Å². The number of phenols is 1. The number of ether oxygens (including phenoxy) is 1. The molecule has 3 amide bonds. The second kappa shape index (κ2) is 10.0. The van der Waals surface area contributed by atoms with Crippen LogP contribution in [-0.2, 0) is 25.5 Å². The van der Waals surface area contributed by atoms with Gasteiger partial charge in [0.1, 0.15) is 18.3 Å². The molecule has 0 saturated carbocycles. The number of anilines is 2. The van der Waals surface area contributed by atoms with Crippen LogP contribution in [0.15, 0.2) is 42.5 Å². The van der Waals surface area contributed by atoms with E-state index in [1.54, 1.807) is 31.2 Å². The van der Waals surface area contributed by atoms with Crippen molar-refractivity contribution in [1.29, 1.82) is 0 Å². The number of nitrogens with zero attached hydrogens (tertiary/aromatic N) is 1. The maximum Gasteiger partial charge on any atom is 0.307 e. The first-order valence-electron chi connectivity index (χ1n) is 10.3. The molecule has 1 aliphatic heterocycles. The lowest BCUT2D eigenvalue weighted by Crippen LogP contribution is -2.51. The van der Waals surface area contributed by atoms with Gasteiger partial charge in [0.2, 0.25) is 11.8 Å². The summed E-state index contributed by atoms with van der Waals surface area (Å²) in [6.45, 7) is 1.23. The predicted octanol–water partition coefficient (Wildman–Crippen LogP) is 1.05. The maximum atomic E-state index is 13.4. The molecule has 0 aromatic heterocycles. The molecule has 1 aliphatic rings. The summed E-state index contributed by atoms with van der Waals surface area (Å²) >= 11 is 0. The number of aromatic hydroxyl groups is 1. The monoisotopic (exact) mass is 454 g/mol. The van der Waals surface area contributed by atoms with Crippen molar-refractivity contribution >= 4 is 35.1 Å². The van der Waals surface area contributed by atoms with Gasteiger partial charge in [0, 0.05) is 18.2 Å². The van der Waals surface area contributed by atoms with Gasteiger partial charge >= 0.3 is 5.97 Å². The summed E-state index contributed by atoms with van der Waals surface area (Å²) in [5.41, 5.74) is 7.35. The van der Waals surface area contributed by atoms with Crippen molar-refractivity contribution in [2.75, 3.05) is 24.7 Å². The average molecular weight is 454 g/mol. The Bertz CT molecular complexity index is 1070. The average Bonchev–Trinajstić information content (AvgIpc) is 2.85. The first kappa shape index (κ1) is 23.6. The highest BCUT2D eigenvalue weighted by Crippen LogP contribution is 2.27. The number of amides is 3. The van der Waals surface area contributed by atoms with Crippen LogP contribution in [0, 0.1) is 0 Å². The molecule has 0 unspecified atom stereocenters. The smallest absolute Gasteiger partial charge is 0.307 e. The molecule has 2 aromatic rings. The number of rotatable bonds is 7. The van der Waals surface area contributed by atoms with E-state index in [0.29, 0.717) is 16.9 Å². The number of nitrogens with two attached hydrogens (primary N) is 1. The van der Waals surface area contributed by atoms with Crippen molar-refractivity contribution in [2.45, 2.75) is 31.8 Å². The Kier molecular flexibility index (Phi) is 7.17. The SMILES string of the molecule is COC(=O)C[C@@H](C)NC(=O)CN1C(=O)c2cc(N)ccc2NC(=O)[C@@H]1Cc1ccc(O)cc1. The number of fused-ring (bicyclic) bond motifs is 1. The minimum Gasteiger partial charge on any atom is -0.508 e. The van der Waals surface area contributed by atoms with E-state index < -0.39 is 42.3 Å². The van der Waals surface area contributed by atoms with Crippen LogP contribution < -0.4 is 16.4 Å². The van der Waals surface area contributed by atoms with Gasteiger partial charge in [-0.3, -0.25) is 19.2 Å². The lowest BCUT2D eigenvalue weighted by atomic mass is 10.0. The third-order valence-electron chi connectivity index (χ3n) is 5.26. The molecular formula is C23H26N4O6. The third kappa shape index (κ3) is 5.79. The molecule has 2 aromatic carbocycles. The van der Waals surface area contributed by atoms with Crippen LogP contribution in [0.2, 0.25) is 0 Å². The normalized spacial score (nSPS) is 16.3. The molecule has 33 heavy (non-hydrogen) atoms. The summed E-state index contributed by atoms with van der Waals surface area (Å²) in [6.07, 6.45) is 0.0826. The second-order valence-electron chi connectivity index (χ2n) is 7.86. The number of hydrogen-bond donors (Lipinski definition) is 4. The Balaban J connectivity index is 1.89. The van der Waals surface area contributed by atoms with E-state index in [1.807, 2.05) is 0 Å². The van der Waals surface area contributed by atoms with Crippen LogP contribution in [0.1, 0.15) is 29.3 Å². The molecule has 0 saturated heterocycles. The van der Waals surface area contributed by atoms with E-state index in [1.165, 1.54) is 30.2 Å². The number of phenolic OH excluding ortho intramolecular Hbond substituents is 1. The summed E-state index contributed by atoms with van der Waals surface area (Å²) in [4.78, 5) is 51.9. The Morgan fingerprint density at radius 2 is 1.91 bits per heavy atom. The third-order valence-corrected chi connectivity index (χ3v) is 5.26. The minimum absolute atomic E-state index is 0.0347. The van der Waals surface area contributed by atoms with Crippen LogP contribution in [0.25, 0.3) is 0 Å². The number of benzene rings is 2. The molecule has 10 heteroatoms. The van der Waals surface area contributed by atoms with E-state index in [2.05, 4.69) is 15.4 Å². The quantitative estimate of drug-likeness (QED) is 0.360. The van der Waals surface area contributed by atoms with Gasteiger partial charge in [-0.15, -0.1) is 0 Å². The zero-order chi connectivity index (χ0) is 24.1. The summed E-state index contributed by atoms with van der Waals surface area (Å²) in [5, 5.41) is 14.9. The fourth-order valence-electron chi connectivity index (χ4n) is 3.60. The molecule has 0 aliphatic carbocycles. The molecule has 0 bridgehead atoms. The zero-order valence-electron chi connectivity index (χ0n) is 18.3. The van der Waals surface area contributed by atoms with Crippen LogP contribution >= 0.6 is 0 Å². The molecule has 174 valence electrons. The molecule has 0 radical (unpaired) electrons. The van der Waals surface area contributed by atoms with Crippen LogP contribution in [0.4, 0.5) is 11.4 Å². The largest absolute Gasteiger partial charge is 0.508 e. The van der Waals surface area contributed by atoms with Crippen molar-refractivity contribution in [1.82, 2.24) is 10.2 Å². The van der Waals surface area contributed by atoms with Crippen LogP contribution in [0.5, 0.6) is 5.75 Å². The number of carbonyl (C=O) groups is 4. The van der Waals surface area contributed by atoms with E-state index in [9.17, 15) is 24.3 Å². The highest BCUT2D eigenvalue weighted by atomic mass is 16.5. The highest BCUT2D eigenvalue weighted by molar-refractivity contribution is 6.11. The molecule has 0 spiro atoms. The molecular weight excluding hydrogens is 428 g/mol.